The Hall–Kier alpha value is -3.36. The van der Waals surface area contributed by atoms with Gasteiger partial charge < -0.3 is 15.2 Å². The number of nitrogens with zero attached hydrogens (tertiary/aromatic N) is 1. The lowest BCUT2D eigenvalue weighted by Gasteiger charge is -2.18. The normalized spacial score (nSPS) is 16.7. The van der Waals surface area contributed by atoms with Gasteiger partial charge in [-0.3, -0.25) is 9.59 Å². The summed E-state index contributed by atoms with van der Waals surface area (Å²) in [6.07, 6.45) is -3.93. The molecular weight excluding hydrogens is 426 g/mol. The molecule has 1 saturated heterocycles. The summed E-state index contributed by atoms with van der Waals surface area (Å²) in [7, 11) is 0. The Morgan fingerprint density at radius 3 is 2.56 bits per heavy atom. The molecule has 1 fully saturated rings. The fourth-order valence-electron chi connectivity index (χ4n) is 4.07. The minimum absolute atomic E-state index is 0.0412. The number of benzene rings is 2. The van der Waals surface area contributed by atoms with E-state index in [1.54, 1.807) is 12.1 Å². The number of hydrogen-bond donors (Lipinski definition) is 2. The first-order valence-electron chi connectivity index (χ1n) is 10.2. The summed E-state index contributed by atoms with van der Waals surface area (Å²) in [6, 6.07) is 12.6. The van der Waals surface area contributed by atoms with E-state index in [1.165, 1.54) is 12.1 Å². The van der Waals surface area contributed by atoms with E-state index in [2.05, 4.69) is 10.3 Å². The third kappa shape index (κ3) is 4.76. The highest BCUT2D eigenvalue weighted by atomic mass is 19.4. The average molecular weight is 447 g/mol. The quantitative estimate of drug-likeness (QED) is 0.557. The zero-order chi connectivity index (χ0) is 22.9. The second kappa shape index (κ2) is 8.64. The van der Waals surface area contributed by atoms with Gasteiger partial charge in [-0.05, 0) is 54.3 Å². The number of aromatic amines is 1. The molecule has 1 aliphatic heterocycles. The number of aryl methyl sites for hydroxylation is 1. The molecule has 168 valence electrons. The van der Waals surface area contributed by atoms with Gasteiger partial charge in [-0.2, -0.15) is 13.2 Å². The van der Waals surface area contributed by atoms with Crippen LogP contribution in [0.1, 0.15) is 18.4 Å². The molecule has 2 aromatic carbocycles. The van der Waals surface area contributed by atoms with Crippen molar-refractivity contribution in [1.82, 2.24) is 15.2 Å². The number of aromatic nitrogens is 1. The van der Waals surface area contributed by atoms with Crippen molar-refractivity contribution in [3.63, 3.8) is 0 Å². The van der Waals surface area contributed by atoms with Crippen LogP contribution < -0.4 is 5.32 Å². The van der Waals surface area contributed by atoms with Gasteiger partial charge in [0.1, 0.15) is 18.4 Å². The van der Waals surface area contributed by atoms with Gasteiger partial charge in [-0.25, -0.2) is 4.39 Å². The number of amides is 2. The number of hydrogen-bond acceptors (Lipinski definition) is 2. The molecule has 0 spiro atoms. The van der Waals surface area contributed by atoms with Gasteiger partial charge in [0.15, 0.2) is 0 Å². The van der Waals surface area contributed by atoms with Crippen molar-refractivity contribution in [2.45, 2.75) is 31.5 Å². The number of halogens is 4. The molecule has 2 heterocycles. The lowest BCUT2D eigenvalue weighted by molar-refractivity contribution is -0.158. The van der Waals surface area contributed by atoms with Gasteiger partial charge in [-0.15, -0.1) is 0 Å². The van der Waals surface area contributed by atoms with E-state index in [0.29, 0.717) is 6.42 Å². The second-order valence-electron chi connectivity index (χ2n) is 7.81. The molecule has 1 aromatic heterocycles. The first-order chi connectivity index (χ1) is 15.2. The van der Waals surface area contributed by atoms with E-state index in [-0.39, 0.29) is 25.2 Å². The molecule has 0 aliphatic carbocycles. The van der Waals surface area contributed by atoms with Crippen LogP contribution in [0.25, 0.3) is 22.2 Å². The molecule has 1 atom stereocenters. The summed E-state index contributed by atoms with van der Waals surface area (Å²) in [4.78, 5) is 28.7. The van der Waals surface area contributed by atoms with Crippen LogP contribution >= 0.6 is 0 Å². The fraction of sp³-hybridized carbons (Fsp3) is 0.304. The van der Waals surface area contributed by atoms with E-state index in [9.17, 15) is 27.2 Å². The number of para-hydroxylation sites is 1. The van der Waals surface area contributed by atoms with Crippen molar-refractivity contribution in [1.29, 1.82) is 0 Å². The van der Waals surface area contributed by atoms with Crippen molar-refractivity contribution in [2.75, 3.05) is 13.1 Å². The Bertz CT molecular complexity index is 1140. The predicted octanol–water partition coefficient (Wildman–Crippen LogP) is 4.19. The molecule has 5 nitrogen and oxygen atoms in total. The van der Waals surface area contributed by atoms with E-state index >= 15 is 0 Å². The highest BCUT2D eigenvalue weighted by Gasteiger charge is 2.39. The first kappa shape index (κ1) is 21.9. The lowest BCUT2D eigenvalue weighted by Crippen LogP contribution is -2.43. The number of H-pyrrole nitrogens is 1. The third-order valence-electron chi connectivity index (χ3n) is 5.55. The molecule has 0 saturated carbocycles. The summed E-state index contributed by atoms with van der Waals surface area (Å²) in [5, 5.41) is 3.49. The number of nitrogens with one attached hydrogen (secondary N) is 2. The van der Waals surface area contributed by atoms with E-state index < -0.39 is 30.6 Å². The number of alkyl halides is 3. The highest BCUT2D eigenvalue weighted by molar-refractivity contribution is 5.92. The molecule has 0 radical (unpaired) electrons. The number of likely N-dealkylation sites (tertiary alicyclic amines) is 1. The Morgan fingerprint density at radius 2 is 1.84 bits per heavy atom. The number of rotatable bonds is 6. The minimum atomic E-state index is -4.47. The van der Waals surface area contributed by atoms with Crippen LogP contribution in [0, 0.1) is 5.82 Å². The van der Waals surface area contributed by atoms with E-state index in [4.69, 9.17) is 0 Å². The molecular formula is C23H21F4N3O2. The third-order valence-corrected chi connectivity index (χ3v) is 5.55. The number of carbonyl (C=O) groups excluding carboxylic acids is 2. The molecule has 1 aliphatic rings. The molecule has 2 amide bonds. The van der Waals surface area contributed by atoms with Gasteiger partial charge in [0.05, 0.1) is 0 Å². The molecule has 0 bridgehead atoms. The molecule has 4 rings (SSSR count). The smallest absolute Gasteiger partial charge is 0.354 e. The molecule has 32 heavy (non-hydrogen) atoms. The van der Waals surface area contributed by atoms with Crippen molar-refractivity contribution in [3.8, 4) is 11.3 Å². The Balaban J connectivity index is 1.46. The molecule has 2 N–H and O–H groups in total. The number of fused-ring (bicyclic) bond motifs is 1. The summed E-state index contributed by atoms with van der Waals surface area (Å²) >= 11 is 0. The summed E-state index contributed by atoms with van der Waals surface area (Å²) in [6.45, 7) is -1.35. The van der Waals surface area contributed by atoms with Gasteiger partial charge in [-0.1, -0.05) is 18.2 Å². The molecule has 3 aromatic rings. The van der Waals surface area contributed by atoms with Crippen LogP contribution in [0.4, 0.5) is 17.6 Å². The summed E-state index contributed by atoms with van der Waals surface area (Å²) in [5.74, 6) is -1.48. The minimum Gasteiger partial charge on any atom is -0.354 e. The summed E-state index contributed by atoms with van der Waals surface area (Å²) in [5.41, 5.74) is 3.29. The van der Waals surface area contributed by atoms with Crippen molar-refractivity contribution < 1.29 is 27.2 Å². The summed E-state index contributed by atoms with van der Waals surface area (Å²) < 4.78 is 51.1. The van der Waals surface area contributed by atoms with Crippen molar-refractivity contribution in [2.24, 2.45) is 0 Å². The van der Waals surface area contributed by atoms with Gasteiger partial charge in [0, 0.05) is 29.6 Å². The maximum Gasteiger partial charge on any atom is 0.406 e. The van der Waals surface area contributed by atoms with Crippen LogP contribution in [-0.4, -0.2) is 47.0 Å². The maximum atomic E-state index is 13.3. The monoisotopic (exact) mass is 447 g/mol. The molecule has 9 heteroatoms. The van der Waals surface area contributed by atoms with Gasteiger partial charge in [0.25, 0.3) is 0 Å². The Morgan fingerprint density at radius 1 is 1.12 bits per heavy atom. The van der Waals surface area contributed by atoms with Crippen LogP contribution in [-0.2, 0) is 16.0 Å². The first-order valence-corrected chi connectivity index (χ1v) is 10.2. The van der Waals surface area contributed by atoms with Crippen molar-refractivity contribution >= 4 is 22.7 Å². The topological polar surface area (TPSA) is 65.2 Å². The van der Waals surface area contributed by atoms with E-state index in [1.807, 2.05) is 24.3 Å². The van der Waals surface area contributed by atoms with E-state index in [0.717, 1.165) is 32.6 Å². The Labute approximate surface area is 181 Å². The van der Waals surface area contributed by atoms with Crippen LogP contribution in [0.3, 0.4) is 0 Å². The van der Waals surface area contributed by atoms with Crippen LogP contribution in [0.15, 0.2) is 48.5 Å². The Kier molecular flexibility index (Phi) is 5.90. The van der Waals surface area contributed by atoms with Crippen molar-refractivity contribution in [3.05, 3.63) is 59.9 Å². The van der Waals surface area contributed by atoms with Gasteiger partial charge in [0.2, 0.25) is 11.8 Å². The van der Waals surface area contributed by atoms with Crippen LogP contribution in [0.2, 0.25) is 0 Å². The highest BCUT2D eigenvalue weighted by Crippen LogP contribution is 2.31. The molecule has 1 unspecified atom stereocenters. The van der Waals surface area contributed by atoms with Gasteiger partial charge >= 0.3 is 6.18 Å². The maximum absolute atomic E-state index is 13.3. The zero-order valence-corrected chi connectivity index (χ0v) is 17.0. The fourth-order valence-corrected chi connectivity index (χ4v) is 4.07. The average Bonchev–Trinajstić information content (AvgIpc) is 3.27. The lowest BCUT2D eigenvalue weighted by atomic mass is 10.0. The predicted molar refractivity (Wildman–Crippen MR) is 111 cm³/mol. The standard InChI is InChI=1S/C23H21F4N3O2/c24-15-7-5-14(6-8-15)21-17(16-3-1-2-4-18(16)29-21)9-10-20(31)28-19-11-12-30(22(19)32)13-23(25,26)27/h1-8,19,29H,9-13H2,(H,28,31). The second-order valence-corrected chi connectivity index (χ2v) is 7.81. The zero-order valence-electron chi connectivity index (χ0n) is 17.0. The number of carbonyl (C=O) groups is 2. The largest absolute Gasteiger partial charge is 0.406 e. The van der Waals surface area contributed by atoms with Crippen LogP contribution in [0.5, 0.6) is 0 Å². The SMILES string of the molecule is O=C(CCc1c(-c2ccc(F)cc2)[nH]c2ccccc12)NC1CCN(CC(F)(F)F)C1=O.